The Kier molecular flexibility index (Phi) is 4.81. The summed E-state index contributed by atoms with van der Waals surface area (Å²) < 4.78 is 5.45. The van der Waals surface area contributed by atoms with E-state index in [1.165, 1.54) is 0 Å². The number of hydrogen-bond donors (Lipinski definition) is 1. The van der Waals surface area contributed by atoms with E-state index in [1.807, 2.05) is 45.0 Å². The highest BCUT2D eigenvalue weighted by atomic mass is 16.6. The number of carbonyl (C=O) groups is 1. The van der Waals surface area contributed by atoms with Gasteiger partial charge in [0.1, 0.15) is 11.4 Å². The third-order valence-electron chi connectivity index (χ3n) is 4.23. The van der Waals surface area contributed by atoms with E-state index in [0.29, 0.717) is 19.6 Å². The van der Waals surface area contributed by atoms with Crippen molar-refractivity contribution in [3.63, 3.8) is 0 Å². The molecule has 3 rings (SSSR count). The lowest BCUT2D eigenvalue weighted by atomic mass is 10.1. The molecule has 0 saturated carbocycles. The number of nitrogens with two attached hydrogens (primary N) is 1. The topological polar surface area (TPSA) is 71.7 Å². The first-order valence-corrected chi connectivity index (χ1v) is 8.69. The lowest BCUT2D eigenvalue weighted by molar-refractivity contribution is 0.0240. The number of fused-ring (bicyclic) bond motifs is 1. The highest BCUT2D eigenvalue weighted by molar-refractivity contribution is 5.82. The molecule has 0 radical (unpaired) electrons. The Morgan fingerprint density at radius 3 is 2.52 bits per heavy atom. The van der Waals surface area contributed by atoms with Gasteiger partial charge >= 0.3 is 6.09 Å². The third-order valence-corrected chi connectivity index (χ3v) is 4.23. The smallest absolute Gasteiger partial charge is 0.410 e. The maximum Gasteiger partial charge on any atom is 0.410 e. The molecule has 0 atom stereocenters. The van der Waals surface area contributed by atoms with Crippen molar-refractivity contribution in [2.24, 2.45) is 5.73 Å². The molecule has 1 fully saturated rings. The number of nitrogens with zero attached hydrogens (tertiary/aromatic N) is 3. The number of aromatic nitrogens is 1. The molecule has 0 spiro atoms. The summed E-state index contributed by atoms with van der Waals surface area (Å²) in [5.41, 5.74) is 7.46. The molecule has 1 aromatic heterocycles. The van der Waals surface area contributed by atoms with Crippen molar-refractivity contribution in [1.82, 2.24) is 9.88 Å². The van der Waals surface area contributed by atoms with Crippen molar-refractivity contribution < 1.29 is 9.53 Å². The zero-order valence-corrected chi connectivity index (χ0v) is 15.2. The molecule has 134 valence electrons. The summed E-state index contributed by atoms with van der Waals surface area (Å²) in [7, 11) is 0. The van der Waals surface area contributed by atoms with Crippen LogP contribution < -0.4 is 10.6 Å². The molecular formula is C19H26N4O2. The van der Waals surface area contributed by atoms with Crippen LogP contribution in [0.1, 0.15) is 26.3 Å². The van der Waals surface area contributed by atoms with Gasteiger partial charge in [-0.3, -0.25) is 0 Å². The predicted octanol–water partition coefficient (Wildman–Crippen LogP) is 2.75. The number of rotatable bonds is 2. The Morgan fingerprint density at radius 2 is 1.88 bits per heavy atom. The molecular weight excluding hydrogens is 316 g/mol. The molecule has 2 N–H and O–H groups in total. The fraction of sp³-hybridized carbons (Fsp3) is 0.474. The molecule has 1 saturated heterocycles. The van der Waals surface area contributed by atoms with Gasteiger partial charge in [-0.2, -0.15) is 0 Å². The van der Waals surface area contributed by atoms with Crippen LogP contribution in [0.3, 0.4) is 0 Å². The molecule has 25 heavy (non-hydrogen) atoms. The summed E-state index contributed by atoms with van der Waals surface area (Å²) in [5.74, 6) is 0.921. The van der Waals surface area contributed by atoms with Crippen molar-refractivity contribution in [2.45, 2.75) is 32.9 Å². The monoisotopic (exact) mass is 342 g/mol. The van der Waals surface area contributed by atoms with Crippen molar-refractivity contribution in [1.29, 1.82) is 0 Å². The average Bonchev–Trinajstić information content (AvgIpc) is 2.59. The minimum Gasteiger partial charge on any atom is -0.444 e. The van der Waals surface area contributed by atoms with Crippen LogP contribution in [-0.4, -0.2) is 47.8 Å². The van der Waals surface area contributed by atoms with Gasteiger partial charge in [0, 0.05) is 43.7 Å². The number of piperazine rings is 1. The lowest BCUT2D eigenvalue weighted by Gasteiger charge is -2.36. The van der Waals surface area contributed by atoms with Crippen LogP contribution >= 0.6 is 0 Å². The molecule has 1 aliphatic heterocycles. The quantitative estimate of drug-likeness (QED) is 0.908. The summed E-state index contributed by atoms with van der Waals surface area (Å²) in [6, 6.07) is 10.2. The van der Waals surface area contributed by atoms with Crippen LogP contribution in [0.5, 0.6) is 0 Å². The summed E-state index contributed by atoms with van der Waals surface area (Å²) in [4.78, 5) is 21.0. The van der Waals surface area contributed by atoms with Gasteiger partial charge in [-0.25, -0.2) is 9.78 Å². The standard InChI is InChI=1S/C19H26N4O2/c1-19(2,3)25-18(24)23-10-8-22(9-11-23)17-15(13-20)12-14-6-4-5-7-16(14)21-17/h4-7,12H,8-11,13,20H2,1-3H3. The molecule has 2 heterocycles. The summed E-state index contributed by atoms with van der Waals surface area (Å²) in [6.45, 7) is 8.77. The zero-order valence-electron chi connectivity index (χ0n) is 15.2. The van der Waals surface area contributed by atoms with E-state index < -0.39 is 5.60 Å². The Bertz CT molecular complexity index is 762. The Morgan fingerprint density at radius 1 is 1.20 bits per heavy atom. The Balaban J connectivity index is 1.74. The predicted molar refractivity (Wildman–Crippen MR) is 99.7 cm³/mol. The maximum absolute atomic E-state index is 12.2. The minimum absolute atomic E-state index is 0.252. The van der Waals surface area contributed by atoms with Gasteiger partial charge in [0.2, 0.25) is 0 Å². The largest absolute Gasteiger partial charge is 0.444 e. The molecule has 1 aliphatic rings. The fourth-order valence-electron chi connectivity index (χ4n) is 3.00. The van der Waals surface area contributed by atoms with Crippen LogP contribution in [-0.2, 0) is 11.3 Å². The van der Waals surface area contributed by atoms with Gasteiger partial charge in [-0.15, -0.1) is 0 Å². The molecule has 0 unspecified atom stereocenters. The van der Waals surface area contributed by atoms with Gasteiger partial charge in [0.05, 0.1) is 5.52 Å². The van der Waals surface area contributed by atoms with Gasteiger partial charge in [0.15, 0.2) is 0 Å². The van der Waals surface area contributed by atoms with Crippen molar-refractivity contribution >= 4 is 22.8 Å². The van der Waals surface area contributed by atoms with Gasteiger partial charge in [-0.1, -0.05) is 18.2 Å². The number of benzene rings is 1. The van der Waals surface area contributed by atoms with Gasteiger partial charge in [-0.05, 0) is 32.9 Å². The van der Waals surface area contributed by atoms with E-state index in [9.17, 15) is 4.79 Å². The SMILES string of the molecule is CC(C)(C)OC(=O)N1CCN(c2nc3ccccc3cc2CN)CC1. The molecule has 0 bridgehead atoms. The van der Waals surface area contributed by atoms with Gasteiger partial charge in [0.25, 0.3) is 0 Å². The number of anilines is 1. The van der Waals surface area contributed by atoms with E-state index in [1.54, 1.807) is 4.90 Å². The molecule has 1 amide bonds. The van der Waals surface area contributed by atoms with Crippen LogP contribution in [0.25, 0.3) is 10.9 Å². The Labute approximate surface area is 148 Å². The van der Waals surface area contributed by atoms with E-state index >= 15 is 0 Å². The second kappa shape index (κ2) is 6.88. The number of amides is 1. The van der Waals surface area contributed by atoms with Gasteiger partial charge < -0.3 is 20.3 Å². The van der Waals surface area contributed by atoms with Crippen LogP contribution in [0.4, 0.5) is 10.6 Å². The molecule has 0 aliphatic carbocycles. The zero-order chi connectivity index (χ0) is 18.0. The second-order valence-electron chi connectivity index (χ2n) is 7.32. The third kappa shape index (κ3) is 4.02. The number of carbonyl (C=O) groups excluding carboxylic acids is 1. The summed E-state index contributed by atoms with van der Waals surface area (Å²) in [6.07, 6.45) is -0.252. The number of pyridine rings is 1. The van der Waals surface area contributed by atoms with E-state index in [4.69, 9.17) is 15.5 Å². The van der Waals surface area contributed by atoms with Crippen LogP contribution in [0.15, 0.2) is 30.3 Å². The van der Waals surface area contributed by atoms with Crippen LogP contribution in [0, 0.1) is 0 Å². The molecule has 6 heteroatoms. The minimum atomic E-state index is -0.471. The van der Waals surface area contributed by atoms with Crippen molar-refractivity contribution in [3.05, 3.63) is 35.9 Å². The van der Waals surface area contributed by atoms with Crippen LogP contribution in [0.2, 0.25) is 0 Å². The normalized spacial score (nSPS) is 15.5. The molecule has 1 aromatic carbocycles. The second-order valence-corrected chi connectivity index (χ2v) is 7.32. The first kappa shape index (κ1) is 17.5. The molecule has 6 nitrogen and oxygen atoms in total. The number of hydrogen-bond acceptors (Lipinski definition) is 5. The summed E-state index contributed by atoms with van der Waals surface area (Å²) >= 11 is 0. The first-order chi connectivity index (χ1) is 11.9. The van der Waals surface area contributed by atoms with Crippen molar-refractivity contribution in [2.75, 3.05) is 31.1 Å². The Hall–Kier alpha value is -2.34. The van der Waals surface area contributed by atoms with E-state index in [0.717, 1.165) is 35.4 Å². The first-order valence-electron chi connectivity index (χ1n) is 8.69. The lowest BCUT2D eigenvalue weighted by Crippen LogP contribution is -2.50. The summed E-state index contributed by atoms with van der Waals surface area (Å²) in [5, 5.41) is 1.10. The number of ether oxygens (including phenoxy) is 1. The molecule has 2 aromatic rings. The highest BCUT2D eigenvalue weighted by Gasteiger charge is 2.27. The number of para-hydroxylation sites is 1. The highest BCUT2D eigenvalue weighted by Crippen LogP contribution is 2.24. The fourth-order valence-corrected chi connectivity index (χ4v) is 3.00. The average molecular weight is 342 g/mol. The van der Waals surface area contributed by atoms with E-state index in [-0.39, 0.29) is 6.09 Å². The van der Waals surface area contributed by atoms with E-state index in [2.05, 4.69) is 11.0 Å². The maximum atomic E-state index is 12.2. The van der Waals surface area contributed by atoms with Crippen molar-refractivity contribution in [3.8, 4) is 0 Å².